The van der Waals surface area contributed by atoms with E-state index >= 15 is 0 Å². The summed E-state index contributed by atoms with van der Waals surface area (Å²) < 4.78 is 18.1. The minimum atomic E-state index is -0.892. The van der Waals surface area contributed by atoms with Crippen LogP contribution in [0.1, 0.15) is 19.8 Å². The van der Waals surface area contributed by atoms with Crippen molar-refractivity contribution in [3.63, 3.8) is 0 Å². The van der Waals surface area contributed by atoms with Crippen LogP contribution in [0.5, 0.6) is 5.88 Å². The topological polar surface area (TPSA) is 62.7 Å². The summed E-state index contributed by atoms with van der Waals surface area (Å²) in [6.07, 6.45) is 1.96. The van der Waals surface area contributed by atoms with E-state index in [4.69, 9.17) is 9.84 Å². The molecule has 2 atom stereocenters. The lowest BCUT2D eigenvalue weighted by molar-refractivity contribution is 0.0772. The van der Waals surface area contributed by atoms with E-state index in [-0.39, 0.29) is 12.0 Å². The molecule has 1 aromatic rings. The summed E-state index contributed by atoms with van der Waals surface area (Å²) in [7, 11) is 0. The number of amides is 1. The van der Waals surface area contributed by atoms with Gasteiger partial charge in [-0.2, -0.15) is 0 Å². The molecule has 0 bridgehead atoms. The minimum Gasteiger partial charge on any atom is -0.477 e. The van der Waals surface area contributed by atoms with Crippen molar-refractivity contribution in [1.82, 2.24) is 9.88 Å². The highest BCUT2D eigenvalue weighted by atomic mass is 19.1. The van der Waals surface area contributed by atoms with Crippen LogP contribution in [-0.2, 0) is 0 Å². The molecule has 1 aliphatic rings. The summed E-state index contributed by atoms with van der Waals surface area (Å²) >= 11 is 0. The zero-order chi connectivity index (χ0) is 13.8. The first-order valence-corrected chi connectivity index (χ1v) is 6.30. The molecular formula is C13H17FN2O3. The quantitative estimate of drug-likeness (QED) is 0.914. The van der Waals surface area contributed by atoms with E-state index in [2.05, 4.69) is 4.98 Å². The molecule has 2 heterocycles. The van der Waals surface area contributed by atoms with Gasteiger partial charge in [-0.3, -0.25) is 0 Å². The van der Waals surface area contributed by atoms with Crippen LogP contribution in [0.15, 0.2) is 18.3 Å². The Morgan fingerprint density at radius 2 is 2.37 bits per heavy atom. The second-order valence-electron chi connectivity index (χ2n) is 4.85. The predicted molar refractivity (Wildman–Crippen MR) is 66.6 cm³/mol. The molecule has 1 amide bonds. The van der Waals surface area contributed by atoms with Crippen molar-refractivity contribution in [3.8, 4) is 5.88 Å². The number of likely N-dealkylation sites (tertiary alicyclic amines) is 1. The van der Waals surface area contributed by atoms with Crippen molar-refractivity contribution in [3.05, 3.63) is 24.1 Å². The summed E-state index contributed by atoms with van der Waals surface area (Å²) in [5.74, 6) is 0.108. The van der Waals surface area contributed by atoms with E-state index in [1.165, 1.54) is 17.0 Å². The van der Waals surface area contributed by atoms with E-state index in [1.807, 2.05) is 6.92 Å². The Kier molecular flexibility index (Phi) is 4.19. The standard InChI is InChI=1S/C13H17FN2O3/c1-9-2-3-10(7-16(9)13(17)18)8-19-12-5-4-11(14)6-15-12/h4-6,9-10H,2-3,7-8H2,1H3,(H,17,18). The third kappa shape index (κ3) is 3.56. The fourth-order valence-electron chi connectivity index (χ4n) is 2.24. The van der Waals surface area contributed by atoms with Crippen molar-refractivity contribution in [2.75, 3.05) is 13.2 Å². The molecule has 19 heavy (non-hydrogen) atoms. The monoisotopic (exact) mass is 268 g/mol. The van der Waals surface area contributed by atoms with E-state index < -0.39 is 11.9 Å². The Morgan fingerprint density at radius 3 is 3.00 bits per heavy atom. The number of hydrogen-bond acceptors (Lipinski definition) is 3. The molecule has 2 rings (SSSR count). The number of halogens is 1. The van der Waals surface area contributed by atoms with Crippen molar-refractivity contribution in [1.29, 1.82) is 0 Å². The number of carbonyl (C=O) groups is 1. The normalized spacial score (nSPS) is 23.2. The van der Waals surface area contributed by atoms with E-state index in [0.717, 1.165) is 19.0 Å². The van der Waals surface area contributed by atoms with Crippen LogP contribution in [-0.4, -0.2) is 40.3 Å². The average molecular weight is 268 g/mol. The minimum absolute atomic E-state index is 0.0534. The lowest BCUT2D eigenvalue weighted by Gasteiger charge is -2.35. The number of rotatable bonds is 3. The van der Waals surface area contributed by atoms with Crippen LogP contribution in [0.4, 0.5) is 9.18 Å². The van der Waals surface area contributed by atoms with Gasteiger partial charge in [0.1, 0.15) is 5.82 Å². The second-order valence-corrected chi connectivity index (χ2v) is 4.85. The molecule has 1 fully saturated rings. The van der Waals surface area contributed by atoms with Crippen molar-refractivity contribution >= 4 is 6.09 Å². The van der Waals surface area contributed by atoms with Gasteiger partial charge in [-0.25, -0.2) is 14.2 Å². The molecule has 1 saturated heterocycles. The molecule has 1 aromatic heterocycles. The number of ether oxygens (including phenoxy) is 1. The highest BCUT2D eigenvalue weighted by Gasteiger charge is 2.29. The van der Waals surface area contributed by atoms with E-state index in [0.29, 0.717) is 19.0 Å². The number of hydrogen-bond donors (Lipinski definition) is 1. The maximum absolute atomic E-state index is 12.7. The van der Waals surface area contributed by atoms with Crippen LogP contribution in [0.25, 0.3) is 0 Å². The number of piperidine rings is 1. The summed E-state index contributed by atoms with van der Waals surface area (Å²) in [6, 6.07) is 2.81. The summed E-state index contributed by atoms with van der Waals surface area (Å²) in [5.41, 5.74) is 0. The molecule has 0 spiro atoms. The Balaban J connectivity index is 1.86. The number of pyridine rings is 1. The Labute approximate surface area is 111 Å². The van der Waals surface area contributed by atoms with Gasteiger partial charge in [-0.05, 0) is 25.8 Å². The Bertz CT molecular complexity index is 438. The number of carboxylic acid groups (broad SMARTS) is 1. The van der Waals surface area contributed by atoms with Crippen molar-refractivity contribution in [2.45, 2.75) is 25.8 Å². The molecule has 0 aliphatic carbocycles. The van der Waals surface area contributed by atoms with Gasteiger partial charge in [0.25, 0.3) is 0 Å². The molecule has 0 radical (unpaired) electrons. The van der Waals surface area contributed by atoms with Gasteiger partial charge in [-0.15, -0.1) is 0 Å². The Morgan fingerprint density at radius 1 is 1.58 bits per heavy atom. The summed E-state index contributed by atoms with van der Waals surface area (Å²) in [4.78, 5) is 16.3. The van der Waals surface area contributed by atoms with Crippen molar-refractivity contribution in [2.24, 2.45) is 5.92 Å². The number of nitrogens with zero attached hydrogens (tertiary/aromatic N) is 2. The summed E-state index contributed by atoms with van der Waals surface area (Å²) in [5, 5.41) is 9.07. The SMILES string of the molecule is CC1CCC(COc2ccc(F)cn2)CN1C(=O)O. The lowest BCUT2D eigenvalue weighted by atomic mass is 9.94. The van der Waals surface area contributed by atoms with Gasteiger partial charge in [0.2, 0.25) is 5.88 Å². The third-order valence-electron chi connectivity index (χ3n) is 3.39. The molecule has 1 N–H and O–H groups in total. The van der Waals surface area contributed by atoms with Crippen LogP contribution in [0.2, 0.25) is 0 Å². The lowest BCUT2D eigenvalue weighted by Crippen LogP contribution is -2.46. The molecule has 0 aromatic carbocycles. The van der Waals surface area contributed by atoms with Gasteiger partial charge in [0.05, 0.1) is 12.8 Å². The van der Waals surface area contributed by atoms with Gasteiger partial charge < -0.3 is 14.7 Å². The van der Waals surface area contributed by atoms with E-state index in [1.54, 1.807) is 0 Å². The first-order valence-electron chi connectivity index (χ1n) is 6.30. The maximum Gasteiger partial charge on any atom is 0.407 e. The molecule has 104 valence electrons. The average Bonchev–Trinajstić information content (AvgIpc) is 2.39. The number of aromatic nitrogens is 1. The van der Waals surface area contributed by atoms with Crippen LogP contribution < -0.4 is 4.74 Å². The molecule has 2 unspecified atom stereocenters. The first-order chi connectivity index (χ1) is 9.06. The smallest absolute Gasteiger partial charge is 0.407 e. The van der Waals surface area contributed by atoms with Gasteiger partial charge in [0, 0.05) is 24.6 Å². The summed E-state index contributed by atoms with van der Waals surface area (Å²) in [6.45, 7) is 2.78. The van der Waals surface area contributed by atoms with Crippen LogP contribution in [0.3, 0.4) is 0 Å². The molecule has 0 saturated carbocycles. The van der Waals surface area contributed by atoms with Crippen LogP contribution in [0, 0.1) is 11.7 Å². The molecular weight excluding hydrogens is 251 g/mol. The van der Waals surface area contributed by atoms with Gasteiger partial charge in [-0.1, -0.05) is 0 Å². The highest BCUT2D eigenvalue weighted by Crippen LogP contribution is 2.22. The molecule has 1 aliphatic heterocycles. The predicted octanol–water partition coefficient (Wildman–Crippen LogP) is 2.38. The zero-order valence-electron chi connectivity index (χ0n) is 10.8. The van der Waals surface area contributed by atoms with Gasteiger partial charge >= 0.3 is 6.09 Å². The molecule has 5 nitrogen and oxygen atoms in total. The second kappa shape index (κ2) is 5.86. The Hall–Kier alpha value is -1.85. The first kappa shape index (κ1) is 13.6. The maximum atomic E-state index is 12.7. The fraction of sp³-hybridized carbons (Fsp3) is 0.538. The van der Waals surface area contributed by atoms with Crippen molar-refractivity contribution < 1.29 is 19.0 Å². The van der Waals surface area contributed by atoms with Gasteiger partial charge in [0.15, 0.2) is 0 Å². The fourth-order valence-corrected chi connectivity index (χ4v) is 2.24. The highest BCUT2D eigenvalue weighted by molar-refractivity contribution is 5.65. The van der Waals surface area contributed by atoms with Crippen LogP contribution >= 0.6 is 0 Å². The molecule has 6 heteroatoms. The zero-order valence-corrected chi connectivity index (χ0v) is 10.8. The largest absolute Gasteiger partial charge is 0.477 e. The van der Waals surface area contributed by atoms with E-state index in [9.17, 15) is 9.18 Å². The third-order valence-corrected chi connectivity index (χ3v) is 3.39.